The molecule has 0 saturated heterocycles. The van der Waals surface area contributed by atoms with Crippen LogP contribution in [0.1, 0.15) is 31.2 Å². The summed E-state index contributed by atoms with van der Waals surface area (Å²) in [6, 6.07) is 7.26. The first-order valence-corrected chi connectivity index (χ1v) is 6.54. The fraction of sp³-hybridized carbons (Fsp3) is 0.467. The molecular weight excluding hydrogens is 258 g/mol. The third kappa shape index (κ3) is 2.42. The van der Waals surface area contributed by atoms with Crippen LogP contribution in [0.25, 0.3) is 0 Å². The summed E-state index contributed by atoms with van der Waals surface area (Å²) in [5, 5.41) is 28.4. The number of benzene rings is 1. The number of methoxy groups -OCH3 is 1. The molecule has 0 atom stereocenters. The molecule has 0 bridgehead atoms. The van der Waals surface area contributed by atoms with Gasteiger partial charge in [-0.2, -0.15) is 5.26 Å². The molecule has 106 valence electrons. The molecule has 0 aromatic heterocycles. The summed E-state index contributed by atoms with van der Waals surface area (Å²) in [5.74, 6) is -0.807. The number of rotatable bonds is 3. The number of carbonyl (C=O) groups is 1. The van der Waals surface area contributed by atoms with E-state index in [-0.39, 0.29) is 11.7 Å². The quantitative estimate of drug-likeness (QED) is 0.884. The van der Waals surface area contributed by atoms with Crippen LogP contribution in [0.4, 0.5) is 0 Å². The van der Waals surface area contributed by atoms with E-state index in [0.717, 1.165) is 5.56 Å². The third-order valence-corrected chi connectivity index (χ3v) is 4.13. The Morgan fingerprint density at radius 3 is 2.55 bits per heavy atom. The Balaban J connectivity index is 2.27. The number of hydrogen-bond donors (Lipinski definition) is 2. The molecule has 0 aliphatic heterocycles. The highest BCUT2D eigenvalue weighted by molar-refractivity contribution is 5.70. The van der Waals surface area contributed by atoms with Gasteiger partial charge in [-0.15, -0.1) is 0 Å². The predicted molar refractivity (Wildman–Crippen MR) is 71.5 cm³/mol. The van der Waals surface area contributed by atoms with Crippen molar-refractivity contribution in [1.29, 1.82) is 5.26 Å². The number of ether oxygens (including phenoxy) is 1. The number of carboxylic acid groups (broad SMARTS) is 1. The summed E-state index contributed by atoms with van der Waals surface area (Å²) in [4.78, 5) is 11.0. The highest BCUT2D eigenvalue weighted by Gasteiger charge is 2.39. The molecule has 1 aromatic rings. The topological polar surface area (TPSA) is 90.5 Å². The first-order chi connectivity index (χ1) is 9.52. The highest BCUT2D eigenvalue weighted by atomic mass is 16.5. The van der Waals surface area contributed by atoms with Crippen LogP contribution in [-0.2, 0) is 10.2 Å². The van der Waals surface area contributed by atoms with Crippen molar-refractivity contribution < 1.29 is 19.7 Å². The molecule has 2 N–H and O–H groups in total. The lowest BCUT2D eigenvalue weighted by Gasteiger charge is -2.34. The van der Waals surface area contributed by atoms with Crippen LogP contribution in [0, 0.1) is 17.2 Å². The smallest absolute Gasteiger partial charge is 0.306 e. The zero-order valence-corrected chi connectivity index (χ0v) is 11.3. The van der Waals surface area contributed by atoms with Gasteiger partial charge in [0.05, 0.1) is 24.5 Å². The second-order valence-corrected chi connectivity index (χ2v) is 5.19. The Labute approximate surface area is 117 Å². The predicted octanol–water partition coefficient (Wildman–Crippen LogP) is 2.44. The lowest BCUT2D eigenvalue weighted by atomic mass is 9.67. The van der Waals surface area contributed by atoms with E-state index in [2.05, 4.69) is 6.07 Å². The number of nitrogens with zero attached hydrogens (tertiary/aromatic N) is 1. The molecule has 0 heterocycles. The van der Waals surface area contributed by atoms with Crippen LogP contribution in [-0.4, -0.2) is 23.3 Å². The van der Waals surface area contributed by atoms with Gasteiger partial charge in [0, 0.05) is 0 Å². The average Bonchev–Trinajstić information content (AvgIpc) is 2.47. The second kappa shape index (κ2) is 5.41. The lowest BCUT2D eigenvalue weighted by molar-refractivity contribution is -0.143. The van der Waals surface area contributed by atoms with Gasteiger partial charge in [0.25, 0.3) is 0 Å². The summed E-state index contributed by atoms with van der Waals surface area (Å²) in [7, 11) is 1.47. The number of phenols is 1. The zero-order valence-electron chi connectivity index (χ0n) is 11.3. The van der Waals surface area contributed by atoms with Crippen LogP contribution in [0.15, 0.2) is 18.2 Å². The van der Waals surface area contributed by atoms with Gasteiger partial charge in [0.2, 0.25) is 0 Å². The molecule has 1 aromatic carbocycles. The van der Waals surface area contributed by atoms with Crippen molar-refractivity contribution in [3.63, 3.8) is 0 Å². The van der Waals surface area contributed by atoms with Gasteiger partial charge in [0.1, 0.15) is 0 Å². The molecule has 0 spiro atoms. The van der Waals surface area contributed by atoms with E-state index in [1.807, 2.05) is 0 Å². The largest absolute Gasteiger partial charge is 0.504 e. The molecule has 1 saturated carbocycles. The second-order valence-electron chi connectivity index (χ2n) is 5.19. The maximum Gasteiger partial charge on any atom is 0.306 e. The van der Waals surface area contributed by atoms with Crippen molar-refractivity contribution in [2.45, 2.75) is 31.1 Å². The molecule has 5 heteroatoms. The minimum absolute atomic E-state index is 0.0000157. The summed E-state index contributed by atoms with van der Waals surface area (Å²) >= 11 is 0. The molecule has 20 heavy (non-hydrogen) atoms. The molecule has 1 fully saturated rings. The van der Waals surface area contributed by atoms with Crippen molar-refractivity contribution >= 4 is 5.97 Å². The Hall–Kier alpha value is -2.22. The number of nitriles is 1. The van der Waals surface area contributed by atoms with E-state index in [9.17, 15) is 15.2 Å². The Morgan fingerprint density at radius 2 is 2.10 bits per heavy atom. The van der Waals surface area contributed by atoms with Gasteiger partial charge in [-0.25, -0.2) is 0 Å². The minimum Gasteiger partial charge on any atom is -0.504 e. The first-order valence-electron chi connectivity index (χ1n) is 6.54. The number of phenolic OH excluding ortho intramolecular Hbond substituents is 1. The number of aliphatic carboxylic acids is 1. The molecular formula is C15H17NO4. The lowest BCUT2D eigenvalue weighted by Crippen LogP contribution is -2.32. The normalized spacial score (nSPS) is 25.7. The molecule has 0 unspecified atom stereocenters. The van der Waals surface area contributed by atoms with E-state index >= 15 is 0 Å². The van der Waals surface area contributed by atoms with Crippen molar-refractivity contribution in [2.75, 3.05) is 7.11 Å². The Morgan fingerprint density at radius 1 is 1.45 bits per heavy atom. The monoisotopic (exact) mass is 275 g/mol. The van der Waals surface area contributed by atoms with Gasteiger partial charge in [0.15, 0.2) is 11.5 Å². The number of hydrogen-bond acceptors (Lipinski definition) is 4. The van der Waals surface area contributed by atoms with E-state index in [4.69, 9.17) is 9.84 Å². The van der Waals surface area contributed by atoms with Gasteiger partial charge >= 0.3 is 5.97 Å². The van der Waals surface area contributed by atoms with E-state index < -0.39 is 11.4 Å². The molecule has 5 nitrogen and oxygen atoms in total. The maximum absolute atomic E-state index is 11.0. The molecule has 2 rings (SSSR count). The third-order valence-electron chi connectivity index (χ3n) is 4.13. The standard InChI is InChI=1S/C15H17NO4/c1-20-13-3-2-11(8-12(13)17)15(9-16)6-4-10(5-7-15)14(18)19/h2-3,8,10,17H,4-7H2,1H3,(H,18,19). The average molecular weight is 275 g/mol. The summed E-state index contributed by atoms with van der Waals surface area (Å²) in [6.07, 6.45) is 1.95. The first kappa shape index (κ1) is 14.2. The van der Waals surface area contributed by atoms with E-state index in [1.54, 1.807) is 18.2 Å². The van der Waals surface area contributed by atoms with Crippen molar-refractivity contribution in [3.05, 3.63) is 23.8 Å². The van der Waals surface area contributed by atoms with Gasteiger partial charge < -0.3 is 14.9 Å². The van der Waals surface area contributed by atoms with Gasteiger partial charge in [-0.3, -0.25) is 4.79 Å². The summed E-state index contributed by atoms with van der Waals surface area (Å²) in [5.41, 5.74) is 0.0116. The zero-order chi connectivity index (χ0) is 14.8. The van der Waals surface area contributed by atoms with Crippen LogP contribution in [0.5, 0.6) is 11.5 Å². The molecule has 1 aliphatic rings. The van der Waals surface area contributed by atoms with E-state index in [1.165, 1.54) is 7.11 Å². The number of aromatic hydroxyl groups is 1. The fourth-order valence-corrected chi connectivity index (χ4v) is 2.81. The van der Waals surface area contributed by atoms with Crippen LogP contribution < -0.4 is 4.74 Å². The Bertz CT molecular complexity index is 553. The summed E-state index contributed by atoms with van der Waals surface area (Å²) < 4.78 is 4.99. The fourth-order valence-electron chi connectivity index (χ4n) is 2.81. The highest BCUT2D eigenvalue weighted by Crippen LogP contribution is 2.43. The maximum atomic E-state index is 11.0. The van der Waals surface area contributed by atoms with Crippen molar-refractivity contribution in [3.8, 4) is 17.6 Å². The Kier molecular flexibility index (Phi) is 3.84. The van der Waals surface area contributed by atoms with Crippen molar-refractivity contribution in [1.82, 2.24) is 0 Å². The summed E-state index contributed by atoms with van der Waals surface area (Å²) in [6.45, 7) is 0. The molecule has 0 radical (unpaired) electrons. The van der Waals surface area contributed by atoms with Crippen LogP contribution in [0.2, 0.25) is 0 Å². The minimum atomic E-state index is -0.797. The van der Waals surface area contributed by atoms with Crippen LogP contribution in [0.3, 0.4) is 0 Å². The van der Waals surface area contributed by atoms with Gasteiger partial charge in [-0.1, -0.05) is 6.07 Å². The molecule has 1 aliphatic carbocycles. The van der Waals surface area contributed by atoms with Gasteiger partial charge in [-0.05, 0) is 43.4 Å². The SMILES string of the molecule is COc1ccc(C2(C#N)CCC(C(=O)O)CC2)cc1O. The molecule has 0 amide bonds. The van der Waals surface area contributed by atoms with Crippen LogP contribution >= 0.6 is 0 Å². The number of carboxylic acids is 1. The van der Waals surface area contributed by atoms with E-state index in [0.29, 0.717) is 31.4 Å². The van der Waals surface area contributed by atoms with Crippen molar-refractivity contribution in [2.24, 2.45) is 5.92 Å².